The van der Waals surface area contributed by atoms with Crippen molar-refractivity contribution in [2.24, 2.45) is 11.7 Å². The number of benzene rings is 2. The van der Waals surface area contributed by atoms with Gasteiger partial charge in [0, 0.05) is 45.1 Å². The van der Waals surface area contributed by atoms with Crippen molar-refractivity contribution in [1.29, 1.82) is 0 Å². The highest BCUT2D eigenvalue weighted by Crippen LogP contribution is 2.28. The molecule has 3 N–H and O–H groups in total. The molecule has 0 spiro atoms. The van der Waals surface area contributed by atoms with Gasteiger partial charge in [0.05, 0.1) is 18.5 Å². The first-order valence-electron chi connectivity index (χ1n) is 12.7. The molecule has 2 aromatic rings. The van der Waals surface area contributed by atoms with E-state index in [0.717, 1.165) is 17.5 Å². The lowest BCUT2D eigenvalue weighted by Gasteiger charge is -2.38. The lowest BCUT2D eigenvalue weighted by molar-refractivity contribution is -0.141. The molecule has 4 rings (SSSR count). The number of carbonyl (C=O) groups excluding carboxylic acids is 2. The van der Waals surface area contributed by atoms with Gasteiger partial charge in [0.2, 0.25) is 11.8 Å². The van der Waals surface area contributed by atoms with Crippen LogP contribution in [0.4, 0.5) is 4.39 Å². The number of aryl methyl sites for hydroxylation is 1. The summed E-state index contributed by atoms with van der Waals surface area (Å²) in [5.41, 5.74) is 9.82. The first-order valence-corrected chi connectivity index (χ1v) is 12.7. The Morgan fingerprint density at radius 3 is 2.43 bits per heavy atom. The van der Waals surface area contributed by atoms with Crippen LogP contribution in [0, 0.1) is 5.92 Å². The van der Waals surface area contributed by atoms with Gasteiger partial charge in [-0.1, -0.05) is 61.5 Å². The summed E-state index contributed by atoms with van der Waals surface area (Å²) in [5, 5.41) is 3.62. The maximum Gasteiger partial charge on any atom is 0.229 e. The summed E-state index contributed by atoms with van der Waals surface area (Å²) < 4.78 is 14.6. The second-order valence-corrected chi connectivity index (χ2v) is 9.85. The van der Waals surface area contributed by atoms with Crippen LogP contribution in [0.2, 0.25) is 0 Å². The molecule has 2 aromatic carbocycles. The van der Waals surface area contributed by atoms with Gasteiger partial charge in [-0.25, -0.2) is 4.39 Å². The molecular weight excluding hydrogens is 443 g/mol. The van der Waals surface area contributed by atoms with E-state index in [1.54, 1.807) is 9.80 Å². The highest BCUT2D eigenvalue weighted by molar-refractivity contribution is 5.82. The van der Waals surface area contributed by atoms with Gasteiger partial charge in [-0.3, -0.25) is 9.59 Å². The normalized spacial score (nSPS) is 25.5. The highest BCUT2D eigenvalue weighted by atomic mass is 19.1. The fraction of sp³-hybridized carbons (Fsp3) is 0.500. The zero-order valence-corrected chi connectivity index (χ0v) is 20.7. The molecule has 2 aliphatic rings. The van der Waals surface area contributed by atoms with Crippen LogP contribution in [0.1, 0.15) is 49.4 Å². The van der Waals surface area contributed by atoms with E-state index in [2.05, 4.69) is 48.6 Å². The Bertz CT molecular complexity index is 1000. The molecule has 0 aliphatic carbocycles. The van der Waals surface area contributed by atoms with Gasteiger partial charge in [0.25, 0.3) is 0 Å². The number of amides is 2. The standard InChI is InChI=1S/C28H37FN4O2/c1-3-20-9-11-22(12-10-20)27(21-7-5-4-6-8-21)31-16-24-15-23(29)17-33(24)28(35)25-18-32(19(2)34)14-13-26(25)30/h4-12,23-27,31H,3,13-18,30H2,1-2H3/t23-,24+,25-,26-,27+/m1/s1. The van der Waals surface area contributed by atoms with Crippen molar-refractivity contribution in [2.75, 3.05) is 26.2 Å². The number of likely N-dealkylation sites (tertiary alicyclic amines) is 2. The molecule has 5 atom stereocenters. The van der Waals surface area contributed by atoms with Crippen LogP contribution in [0.3, 0.4) is 0 Å². The van der Waals surface area contributed by atoms with E-state index in [9.17, 15) is 14.0 Å². The Kier molecular flexibility index (Phi) is 8.19. The summed E-state index contributed by atoms with van der Waals surface area (Å²) in [6.07, 6.45) is 0.794. The van der Waals surface area contributed by atoms with Crippen LogP contribution < -0.4 is 11.1 Å². The minimum absolute atomic E-state index is 0.0579. The topological polar surface area (TPSA) is 78.7 Å². The number of piperidine rings is 1. The number of hydrogen-bond acceptors (Lipinski definition) is 4. The molecule has 35 heavy (non-hydrogen) atoms. The zero-order chi connectivity index (χ0) is 24.9. The first kappa shape index (κ1) is 25.3. The van der Waals surface area contributed by atoms with Gasteiger partial charge in [-0.2, -0.15) is 0 Å². The lowest BCUT2D eigenvalue weighted by Crippen LogP contribution is -2.56. The van der Waals surface area contributed by atoms with Gasteiger partial charge in [-0.05, 0) is 29.5 Å². The second-order valence-electron chi connectivity index (χ2n) is 9.85. The number of nitrogens with zero attached hydrogens (tertiary/aromatic N) is 2. The molecule has 6 nitrogen and oxygen atoms in total. The Morgan fingerprint density at radius 2 is 1.77 bits per heavy atom. The molecule has 2 saturated heterocycles. The van der Waals surface area contributed by atoms with E-state index in [4.69, 9.17) is 5.73 Å². The highest BCUT2D eigenvalue weighted by Gasteiger charge is 2.42. The van der Waals surface area contributed by atoms with Crippen molar-refractivity contribution in [3.8, 4) is 0 Å². The Morgan fingerprint density at radius 1 is 1.09 bits per heavy atom. The van der Waals surface area contributed by atoms with E-state index in [-0.39, 0.29) is 36.5 Å². The minimum atomic E-state index is -1.06. The quantitative estimate of drug-likeness (QED) is 0.639. The van der Waals surface area contributed by atoms with Crippen LogP contribution in [-0.4, -0.2) is 66.0 Å². The molecule has 0 saturated carbocycles. The molecule has 0 aromatic heterocycles. The third-order valence-electron chi connectivity index (χ3n) is 7.49. The molecule has 2 heterocycles. The maximum atomic E-state index is 14.6. The van der Waals surface area contributed by atoms with Gasteiger partial charge in [-0.15, -0.1) is 0 Å². The summed E-state index contributed by atoms with van der Waals surface area (Å²) in [6, 6.07) is 18.1. The van der Waals surface area contributed by atoms with Crippen molar-refractivity contribution < 1.29 is 14.0 Å². The average Bonchev–Trinajstić information content (AvgIpc) is 3.25. The van der Waals surface area contributed by atoms with Crippen molar-refractivity contribution >= 4 is 11.8 Å². The van der Waals surface area contributed by atoms with Gasteiger partial charge < -0.3 is 20.9 Å². The third kappa shape index (κ3) is 5.90. The van der Waals surface area contributed by atoms with E-state index in [1.165, 1.54) is 12.5 Å². The summed E-state index contributed by atoms with van der Waals surface area (Å²) in [5.74, 6) is -0.691. The molecule has 0 unspecified atom stereocenters. The molecule has 0 bridgehead atoms. The Labute approximate surface area is 207 Å². The zero-order valence-electron chi connectivity index (χ0n) is 20.7. The number of carbonyl (C=O) groups is 2. The van der Waals surface area contributed by atoms with Crippen molar-refractivity contribution in [2.45, 2.75) is 57.4 Å². The Hall–Kier alpha value is -2.77. The molecular formula is C28H37FN4O2. The predicted octanol–water partition coefficient (Wildman–Crippen LogP) is 3.06. The molecule has 0 radical (unpaired) electrons. The van der Waals surface area contributed by atoms with E-state index in [0.29, 0.717) is 32.5 Å². The smallest absolute Gasteiger partial charge is 0.229 e. The van der Waals surface area contributed by atoms with Crippen molar-refractivity contribution in [3.05, 3.63) is 71.3 Å². The fourth-order valence-corrected chi connectivity index (χ4v) is 5.33. The average molecular weight is 481 g/mol. The van der Waals surface area contributed by atoms with Crippen molar-refractivity contribution in [1.82, 2.24) is 15.1 Å². The summed E-state index contributed by atoms with van der Waals surface area (Å²) in [7, 11) is 0. The largest absolute Gasteiger partial charge is 0.342 e. The molecule has 2 fully saturated rings. The summed E-state index contributed by atoms with van der Waals surface area (Å²) in [6.45, 7) is 5.06. The number of rotatable bonds is 7. The molecule has 188 valence electrons. The number of nitrogens with one attached hydrogen (secondary N) is 1. The van der Waals surface area contributed by atoms with Gasteiger partial charge in [0.15, 0.2) is 0 Å². The van der Waals surface area contributed by atoms with Crippen molar-refractivity contribution in [3.63, 3.8) is 0 Å². The fourth-order valence-electron chi connectivity index (χ4n) is 5.33. The van der Waals surface area contributed by atoms with Crippen LogP contribution in [-0.2, 0) is 16.0 Å². The van der Waals surface area contributed by atoms with E-state index >= 15 is 0 Å². The maximum absolute atomic E-state index is 14.6. The van der Waals surface area contributed by atoms with Crippen LogP contribution in [0.15, 0.2) is 54.6 Å². The van der Waals surface area contributed by atoms with E-state index in [1.807, 2.05) is 18.2 Å². The van der Waals surface area contributed by atoms with E-state index < -0.39 is 12.1 Å². The SMILES string of the molecule is CCc1ccc([C@@H](NC[C@@H]2C[C@@H](F)CN2C(=O)[C@@H]2CN(C(C)=O)CC[C@H]2N)c2ccccc2)cc1. The number of halogens is 1. The number of hydrogen-bond donors (Lipinski definition) is 2. The molecule has 7 heteroatoms. The van der Waals surface area contributed by atoms with Crippen LogP contribution >= 0.6 is 0 Å². The first-order chi connectivity index (χ1) is 16.9. The Balaban J connectivity index is 1.50. The summed E-state index contributed by atoms with van der Waals surface area (Å²) in [4.78, 5) is 28.7. The molecule has 2 aliphatic heterocycles. The number of alkyl halides is 1. The molecule has 2 amide bonds. The number of nitrogens with two attached hydrogens (primary N) is 1. The van der Waals surface area contributed by atoms with Gasteiger partial charge in [0.1, 0.15) is 6.17 Å². The van der Waals surface area contributed by atoms with Crippen LogP contribution in [0.25, 0.3) is 0 Å². The second kappa shape index (κ2) is 11.3. The van der Waals surface area contributed by atoms with Gasteiger partial charge >= 0.3 is 0 Å². The minimum Gasteiger partial charge on any atom is -0.342 e. The summed E-state index contributed by atoms with van der Waals surface area (Å²) >= 11 is 0. The van der Waals surface area contributed by atoms with Crippen LogP contribution in [0.5, 0.6) is 0 Å². The third-order valence-corrected chi connectivity index (χ3v) is 7.49. The monoisotopic (exact) mass is 480 g/mol. The lowest BCUT2D eigenvalue weighted by atomic mass is 9.91. The predicted molar refractivity (Wildman–Crippen MR) is 135 cm³/mol.